The van der Waals surface area contributed by atoms with Crippen LogP contribution < -0.4 is 5.32 Å². The molecule has 0 spiro atoms. The first kappa shape index (κ1) is 19.3. The molecule has 0 aliphatic heterocycles. The molecule has 0 aliphatic rings. The molecule has 0 aromatic carbocycles. The van der Waals surface area contributed by atoms with Gasteiger partial charge in [-0.3, -0.25) is 4.79 Å². The maximum absolute atomic E-state index is 11.9. The molecule has 0 radical (unpaired) electrons. The molecule has 6 nitrogen and oxygen atoms in total. The minimum Gasteiger partial charge on any atom is -0.396 e. The smallest absolute Gasteiger partial charge is 0.396 e. The van der Waals surface area contributed by atoms with E-state index in [2.05, 4.69) is 5.11 Å². The average Bonchev–Trinajstić information content (AvgIpc) is 2.48. The van der Waals surface area contributed by atoms with Crippen molar-refractivity contribution in [1.82, 2.24) is 5.32 Å². The van der Waals surface area contributed by atoms with Gasteiger partial charge in [-0.1, -0.05) is 12.8 Å². The number of amides is 1. The van der Waals surface area contributed by atoms with Gasteiger partial charge in [0.1, 0.15) is 13.2 Å². The first-order valence-corrected chi connectivity index (χ1v) is 8.13. The first-order valence-electron chi connectivity index (χ1n) is 7.45. The van der Waals surface area contributed by atoms with E-state index in [1.807, 2.05) is 0 Å². The lowest BCUT2D eigenvalue weighted by Gasteiger charge is -2.06. The Labute approximate surface area is 129 Å². The molecular weight excluding hydrogens is 326 g/mol. The van der Waals surface area contributed by atoms with Crippen LogP contribution in [-0.4, -0.2) is 45.0 Å². The van der Waals surface area contributed by atoms with Crippen LogP contribution in [0.5, 0.6) is 0 Å². The number of halogens is 3. The molecule has 1 unspecified atom stereocenters. The number of rotatable bonds is 14. The molecule has 130 valence electrons. The molecule has 0 heterocycles. The number of unbranched alkanes of at least 4 members (excludes halogenated alkanes) is 4. The summed E-state index contributed by atoms with van der Waals surface area (Å²) in [6, 6.07) is 0. The molecule has 0 saturated heterocycles. The quantitative estimate of drug-likeness (QED) is 0.372. The van der Waals surface area contributed by atoms with E-state index in [9.17, 15) is 22.5 Å². The van der Waals surface area contributed by atoms with Crippen LogP contribution in [0.4, 0.5) is 13.2 Å². The van der Waals surface area contributed by atoms with Crippen LogP contribution in [0.25, 0.3) is 0 Å². The molecule has 0 saturated carbocycles. The molecule has 0 aromatic rings. The number of aliphatic hydroxyl groups is 1. The van der Waals surface area contributed by atoms with Crippen LogP contribution in [-0.2, 0) is 18.4 Å². The zero-order valence-corrected chi connectivity index (χ0v) is 13.1. The monoisotopic (exact) mass is 349 g/mol. The SMILES string of the molecule is [2H]OCCCCCCO[P+](=O)OCCCCNC(=O)C(F)(F)F. The highest BCUT2D eigenvalue weighted by molar-refractivity contribution is 7.33. The Morgan fingerprint density at radius 2 is 1.68 bits per heavy atom. The Balaban J connectivity index is 3.36. The van der Waals surface area contributed by atoms with E-state index < -0.39 is 20.3 Å². The predicted octanol–water partition coefficient (Wildman–Crippen LogP) is 2.69. The minimum atomic E-state index is -4.87. The fraction of sp³-hybridized carbons (Fsp3) is 0.917. The number of hydrogen-bond acceptors (Lipinski definition) is 5. The molecule has 0 bridgehead atoms. The minimum absolute atomic E-state index is 0.0813. The van der Waals surface area contributed by atoms with Gasteiger partial charge in [-0.25, -0.2) is 0 Å². The molecule has 0 rings (SSSR count). The third-order valence-electron chi connectivity index (χ3n) is 2.55. The van der Waals surface area contributed by atoms with Gasteiger partial charge in [0.05, 0.1) is 0 Å². The molecule has 1 amide bonds. The summed E-state index contributed by atoms with van der Waals surface area (Å²) in [6.45, 7) is 0.638. The third-order valence-corrected chi connectivity index (χ3v) is 3.33. The van der Waals surface area contributed by atoms with Crippen molar-refractivity contribution in [3.05, 3.63) is 0 Å². The fourth-order valence-corrected chi connectivity index (χ4v) is 2.03. The topological polar surface area (TPSA) is 84.9 Å². The summed E-state index contributed by atoms with van der Waals surface area (Å²) >= 11 is 0. The zero-order valence-electron chi connectivity index (χ0n) is 13.2. The Kier molecular flexibility index (Phi) is 11.2. The largest absolute Gasteiger partial charge is 0.697 e. The van der Waals surface area contributed by atoms with Crippen molar-refractivity contribution in [3.8, 4) is 0 Å². The summed E-state index contributed by atoms with van der Waals surface area (Å²) in [6.07, 6.45) is -0.974. The van der Waals surface area contributed by atoms with E-state index in [1.54, 1.807) is 5.32 Å². The highest BCUT2D eigenvalue weighted by atomic mass is 31.1. The van der Waals surface area contributed by atoms with Crippen molar-refractivity contribution in [3.63, 3.8) is 0 Å². The molecular formula is C12H22F3NO5P+. The summed E-state index contributed by atoms with van der Waals surface area (Å²) in [5.74, 6) is -1.97. The average molecular weight is 349 g/mol. The van der Waals surface area contributed by atoms with Crippen LogP contribution in [0, 0.1) is 0 Å². The number of carbonyl (C=O) groups excluding carboxylic acids is 1. The fourth-order valence-electron chi connectivity index (χ4n) is 1.40. The van der Waals surface area contributed by atoms with E-state index in [4.69, 9.17) is 10.5 Å². The molecule has 22 heavy (non-hydrogen) atoms. The maximum atomic E-state index is 11.9. The van der Waals surface area contributed by atoms with Crippen molar-refractivity contribution in [2.75, 3.05) is 26.4 Å². The summed E-state index contributed by atoms with van der Waals surface area (Å²) in [4.78, 5) is 10.5. The number of alkyl halides is 3. The second-order valence-corrected chi connectivity index (χ2v) is 5.43. The van der Waals surface area contributed by atoms with Crippen LogP contribution in [0.15, 0.2) is 0 Å². The van der Waals surface area contributed by atoms with E-state index in [0.29, 0.717) is 26.1 Å². The van der Waals surface area contributed by atoms with Crippen LogP contribution in [0.1, 0.15) is 38.5 Å². The predicted molar refractivity (Wildman–Crippen MR) is 73.4 cm³/mol. The van der Waals surface area contributed by atoms with Crippen molar-refractivity contribution in [1.29, 1.82) is 1.43 Å². The van der Waals surface area contributed by atoms with Crippen molar-refractivity contribution in [2.45, 2.75) is 44.7 Å². The van der Waals surface area contributed by atoms with E-state index in [1.165, 1.54) is 0 Å². The van der Waals surface area contributed by atoms with Gasteiger partial charge in [0.2, 0.25) is 1.43 Å². The van der Waals surface area contributed by atoms with Gasteiger partial charge in [0.25, 0.3) is 0 Å². The van der Waals surface area contributed by atoms with Crippen molar-refractivity contribution < 1.29 is 36.7 Å². The molecule has 0 aromatic heterocycles. The van der Waals surface area contributed by atoms with Crippen LogP contribution >= 0.6 is 8.25 Å². The Hall–Kier alpha value is -0.760. The van der Waals surface area contributed by atoms with E-state index in [-0.39, 0.29) is 19.6 Å². The normalized spacial score (nSPS) is 12.9. The molecule has 1 atom stereocenters. The van der Waals surface area contributed by atoms with Crippen LogP contribution in [0.3, 0.4) is 0 Å². The lowest BCUT2D eigenvalue weighted by atomic mass is 10.2. The Morgan fingerprint density at radius 1 is 1.09 bits per heavy atom. The van der Waals surface area contributed by atoms with Gasteiger partial charge in [0.15, 0.2) is 0 Å². The van der Waals surface area contributed by atoms with Gasteiger partial charge in [-0.05, 0) is 25.7 Å². The maximum Gasteiger partial charge on any atom is 0.697 e. The highest BCUT2D eigenvalue weighted by Crippen LogP contribution is 2.24. The van der Waals surface area contributed by atoms with Crippen LogP contribution in [0.2, 0.25) is 0 Å². The lowest BCUT2D eigenvalue weighted by molar-refractivity contribution is -0.173. The summed E-state index contributed by atoms with van der Waals surface area (Å²) < 4.78 is 63.2. The number of aliphatic hydroxyl groups excluding tert-OH is 1. The molecule has 0 fully saturated rings. The summed E-state index contributed by atoms with van der Waals surface area (Å²) in [7, 11) is -2.23. The van der Waals surface area contributed by atoms with E-state index >= 15 is 0 Å². The molecule has 2 N–H and O–H groups in total. The third kappa shape index (κ3) is 12.9. The van der Waals surface area contributed by atoms with Gasteiger partial charge in [0, 0.05) is 17.7 Å². The first-order chi connectivity index (χ1) is 10.9. The zero-order chi connectivity index (χ0) is 17.6. The number of nitrogens with one attached hydrogen (secondary N) is 1. The second kappa shape index (κ2) is 12.8. The molecule has 0 aliphatic carbocycles. The van der Waals surface area contributed by atoms with Gasteiger partial charge in [-0.2, -0.15) is 13.2 Å². The van der Waals surface area contributed by atoms with Gasteiger partial charge < -0.3 is 10.4 Å². The summed E-state index contributed by atoms with van der Waals surface area (Å²) in [5.41, 5.74) is 0. The van der Waals surface area contributed by atoms with Crippen molar-refractivity contribution in [2.24, 2.45) is 0 Å². The summed E-state index contributed by atoms with van der Waals surface area (Å²) in [5, 5.41) is 5.89. The van der Waals surface area contributed by atoms with Gasteiger partial charge in [-0.15, -0.1) is 9.05 Å². The second-order valence-electron chi connectivity index (χ2n) is 4.47. The lowest BCUT2D eigenvalue weighted by Crippen LogP contribution is -2.37. The van der Waals surface area contributed by atoms with Crippen molar-refractivity contribution >= 4 is 14.2 Å². The highest BCUT2D eigenvalue weighted by Gasteiger charge is 2.38. The number of carbonyl (C=O) groups is 1. The number of hydrogen-bond donors (Lipinski definition) is 2. The Morgan fingerprint density at radius 3 is 2.27 bits per heavy atom. The van der Waals surface area contributed by atoms with E-state index in [0.717, 1.165) is 19.3 Å². The Bertz CT molecular complexity index is 347. The van der Waals surface area contributed by atoms with Gasteiger partial charge >= 0.3 is 20.3 Å². The standard InChI is InChI=1S/C12H21F3NO5P/c13-12(14,15)11(18)16-7-3-6-10-21-22(19)20-9-5-2-1-4-8-17/h17H,1-10H2/p+1/i17D. The molecule has 10 heteroatoms.